The molecule has 1 heterocycles. The highest BCUT2D eigenvalue weighted by atomic mass is 16.8. The lowest BCUT2D eigenvalue weighted by Gasteiger charge is -2.13. The van der Waals surface area contributed by atoms with Gasteiger partial charge < -0.3 is 14.9 Å². The Kier molecular flexibility index (Phi) is 6.42. The van der Waals surface area contributed by atoms with Gasteiger partial charge in [0.15, 0.2) is 6.29 Å². The van der Waals surface area contributed by atoms with Gasteiger partial charge in [0, 0.05) is 24.6 Å². The van der Waals surface area contributed by atoms with Gasteiger partial charge in [0.25, 0.3) is 0 Å². The number of likely N-dealkylation sites (N-methyl/N-ethyl adjacent to an activating group) is 1. The molecule has 0 radical (unpaired) electrons. The van der Waals surface area contributed by atoms with Gasteiger partial charge in [-0.1, -0.05) is 35.8 Å². The Morgan fingerprint density at radius 3 is 2.50 bits per heavy atom. The topological polar surface area (TPSA) is 62.2 Å². The second kappa shape index (κ2) is 8.55. The molecule has 0 saturated carbocycles. The van der Waals surface area contributed by atoms with Crippen LogP contribution in [0.3, 0.4) is 0 Å². The van der Waals surface area contributed by atoms with Gasteiger partial charge in [0.2, 0.25) is 0 Å². The number of hydrogen-bond acceptors (Lipinski definition) is 5. The Labute approximate surface area is 130 Å². The maximum atomic E-state index is 9.14. The molecule has 0 aliphatic carbocycles. The maximum absolute atomic E-state index is 9.14. The van der Waals surface area contributed by atoms with E-state index in [1.165, 1.54) is 0 Å². The lowest BCUT2D eigenvalue weighted by Crippen LogP contribution is -2.26. The van der Waals surface area contributed by atoms with Crippen molar-refractivity contribution in [2.24, 2.45) is 0 Å². The summed E-state index contributed by atoms with van der Waals surface area (Å²) in [7, 11) is 1.77. The van der Waals surface area contributed by atoms with Crippen molar-refractivity contribution >= 4 is 0 Å². The molecule has 2 N–H and O–H groups in total. The summed E-state index contributed by atoms with van der Waals surface area (Å²) in [5.41, 5.74) is 1.57. The molecule has 5 nitrogen and oxygen atoms in total. The Morgan fingerprint density at radius 1 is 1.23 bits per heavy atom. The standard InChI is InChI=1S/C17H19NO4/c1-18-16(13-20)12-17(22-18)21-11-5-9-15-7-3-2-6-14(15)8-4-10-19/h2-3,6-7,16-17,19-20H,10-13H2,1H3/t16-,17+/m1/s1. The highest BCUT2D eigenvalue weighted by Gasteiger charge is 2.30. The van der Waals surface area contributed by atoms with E-state index >= 15 is 0 Å². The van der Waals surface area contributed by atoms with E-state index in [2.05, 4.69) is 23.7 Å². The summed E-state index contributed by atoms with van der Waals surface area (Å²) in [6, 6.07) is 7.45. The number of aliphatic hydroxyl groups is 2. The molecule has 2 atom stereocenters. The third-order valence-corrected chi connectivity index (χ3v) is 3.27. The minimum atomic E-state index is -0.374. The van der Waals surface area contributed by atoms with Gasteiger partial charge in [-0.2, -0.15) is 5.06 Å². The van der Waals surface area contributed by atoms with E-state index in [-0.39, 0.29) is 32.2 Å². The van der Waals surface area contributed by atoms with Crippen molar-refractivity contribution in [1.82, 2.24) is 5.06 Å². The van der Waals surface area contributed by atoms with E-state index < -0.39 is 0 Å². The number of benzene rings is 1. The summed E-state index contributed by atoms with van der Waals surface area (Å²) in [6.45, 7) is 0.0980. The van der Waals surface area contributed by atoms with Crippen molar-refractivity contribution in [3.63, 3.8) is 0 Å². The van der Waals surface area contributed by atoms with Crippen LogP contribution in [0.1, 0.15) is 17.5 Å². The van der Waals surface area contributed by atoms with Crippen molar-refractivity contribution in [3.8, 4) is 23.7 Å². The predicted molar refractivity (Wildman–Crippen MR) is 81.4 cm³/mol. The van der Waals surface area contributed by atoms with Gasteiger partial charge in [-0.15, -0.1) is 0 Å². The zero-order valence-corrected chi connectivity index (χ0v) is 12.5. The summed E-state index contributed by atoms with van der Waals surface area (Å²) in [4.78, 5) is 5.43. The van der Waals surface area contributed by atoms with Crippen LogP contribution in [0.5, 0.6) is 0 Å². The smallest absolute Gasteiger partial charge is 0.180 e. The number of aliphatic hydroxyl groups excluding tert-OH is 2. The van der Waals surface area contributed by atoms with Crippen LogP contribution in [-0.2, 0) is 9.57 Å². The zero-order chi connectivity index (χ0) is 15.8. The maximum Gasteiger partial charge on any atom is 0.180 e. The molecule has 0 spiro atoms. The van der Waals surface area contributed by atoms with Crippen molar-refractivity contribution in [3.05, 3.63) is 35.4 Å². The van der Waals surface area contributed by atoms with Crippen LogP contribution in [0.15, 0.2) is 24.3 Å². The van der Waals surface area contributed by atoms with Crippen LogP contribution in [0.2, 0.25) is 0 Å². The fourth-order valence-corrected chi connectivity index (χ4v) is 2.07. The second-order valence-electron chi connectivity index (χ2n) is 4.77. The Morgan fingerprint density at radius 2 is 1.91 bits per heavy atom. The first-order valence-electron chi connectivity index (χ1n) is 7.04. The number of nitrogens with zero attached hydrogens (tertiary/aromatic N) is 1. The average molecular weight is 301 g/mol. The Hall–Kier alpha value is -1.86. The summed E-state index contributed by atoms with van der Waals surface area (Å²) in [5, 5.41) is 19.5. The first-order valence-corrected chi connectivity index (χ1v) is 7.04. The SMILES string of the molecule is CN1O[C@H](OCC#Cc2ccccc2C#CCO)C[C@@H]1CO. The van der Waals surface area contributed by atoms with E-state index in [9.17, 15) is 0 Å². The average Bonchev–Trinajstić information content (AvgIpc) is 2.90. The fourth-order valence-electron chi connectivity index (χ4n) is 2.07. The molecule has 1 aromatic rings. The summed E-state index contributed by atoms with van der Waals surface area (Å²) in [5.74, 6) is 11.4. The minimum absolute atomic E-state index is 0.0348. The molecule has 2 rings (SSSR count). The molecule has 0 aromatic heterocycles. The van der Waals surface area contributed by atoms with Crippen LogP contribution < -0.4 is 0 Å². The molecule has 1 fully saturated rings. The van der Waals surface area contributed by atoms with Crippen molar-refractivity contribution in [1.29, 1.82) is 0 Å². The van der Waals surface area contributed by atoms with Crippen LogP contribution in [-0.4, -0.2) is 54.5 Å². The second-order valence-corrected chi connectivity index (χ2v) is 4.77. The molecule has 1 aromatic carbocycles. The lowest BCUT2D eigenvalue weighted by molar-refractivity contribution is -0.225. The quantitative estimate of drug-likeness (QED) is 0.789. The lowest BCUT2D eigenvalue weighted by atomic mass is 10.1. The molecule has 0 unspecified atom stereocenters. The van der Waals surface area contributed by atoms with Gasteiger partial charge in [-0.25, -0.2) is 0 Å². The molecule has 1 aliphatic rings. The Bertz CT molecular complexity index is 608. The first kappa shape index (κ1) is 16.5. The molecule has 5 heteroatoms. The molecule has 0 bridgehead atoms. The van der Waals surface area contributed by atoms with E-state index in [0.29, 0.717) is 6.42 Å². The van der Waals surface area contributed by atoms with Crippen molar-refractivity contribution < 1.29 is 19.8 Å². The normalized spacial score (nSPS) is 20.9. The molecule has 1 aliphatic heterocycles. The molecular formula is C17H19NO4. The number of hydroxylamine groups is 2. The van der Waals surface area contributed by atoms with E-state index in [4.69, 9.17) is 19.8 Å². The Balaban J connectivity index is 1.90. The molecule has 116 valence electrons. The molecule has 1 saturated heterocycles. The molecule has 22 heavy (non-hydrogen) atoms. The van der Waals surface area contributed by atoms with Crippen LogP contribution in [0.4, 0.5) is 0 Å². The summed E-state index contributed by atoms with van der Waals surface area (Å²) < 4.78 is 5.52. The van der Waals surface area contributed by atoms with Crippen molar-refractivity contribution in [2.75, 3.05) is 26.9 Å². The van der Waals surface area contributed by atoms with Crippen LogP contribution in [0, 0.1) is 23.7 Å². The number of ether oxygens (including phenoxy) is 1. The van der Waals surface area contributed by atoms with E-state index in [1.54, 1.807) is 12.1 Å². The molecular weight excluding hydrogens is 282 g/mol. The fraction of sp³-hybridized carbons (Fsp3) is 0.412. The van der Waals surface area contributed by atoms with Gasteiger partial charge >= 0.3 is 0 Å². The summed E-state index contributed by atoms with van der Waals surface area (Å²) in [6.07, 6.45) is 0.244. The zero-order valence-electron chi connectivity index (χ0n) is 12.5. The van der Waals surface area contributed by atoms with Gasteiger partial charge in [-0.05, 0) is 12.1 Å². The van der Waals surface area contributed by atoms with Crippen LogP contribution in [0.25, 0.3) is 0 Å². The highest BCUT2D eigenvalue weighted by molar-refractivity contribution is 5.50. The van der Waals surface area contributed by atoms with Gasteiger partial charge in [0.05, 0.1) is 12.6 Å². The molecule has 0 amide bonds. The number of rotatable bonds is 3. The third kappa shape index (κ3) is 4.57. The van der Waals surface area contributed by atoms with E-state index in [0.717, 1.165) is 11.1 Å². The minimum Gasteiger partial charge on any atom is -0.395 e. The number of hydrogen-bond donors (Lipinski definition) is 2. The van der Waals surface area contributed by atoms with Crippen LogP contribution >= 0.6 is 0 Å². The van der Waals surface area contributed by atoms with E-state index in [1.807, 2.05) is 24.3 Å². The monoisotopic (exact) mass is 301 g/mol. The highest BCUT2D eigenvalue weighted by Crippen LogP contribution is 2.19. The summed E-state index contributed by atoms with van der Waals surface area (Å²) >= 11 is 0. The first-order chi connectivity index (χ1) is 10.7. The predicted octanol–water partition coefficient (Wildman–Crippen LogP) is 0.353. The largest absolute Gasteiger partial charge is 0.395 e. The van der Waals surface area contributed by atoms with Gasteiger partial charge in [0.1, 0.15) is 13.2 Å². The third-order valence-electron chi connectivity index (χ3n) is 3.27. The van der Waals surface area contributed by atoms with Gasteiger partial charge in [-0.3, -0.25) is 4.84 Å². The van der Waals surface area contributed by atoms with Crippen molar-refractivity contribution in [2.45, 2.75) is 18.8 Å².